The normalized spacial score (nSPS) is 12.1. The van der Waals surface area contributed by atoms with E-state index in [9.17, 15) is 4.79 Å². The molecular formula is C18H22N2O3. The van der Waals surface area contributed by atoms with E-state index >= 15 is 0 Å². The molecule has 0 aliphatic carbocycles. The molecular weight excluding hydrogens is 292 g/mol. The first kappa shape index (κ1) is 16.8. The summed E-state index contributed by atoms with van der Waals surface area (Å²) in [5.74, 6) is 0.944. The zero-order chi connectivity index (χ0) is 16.9. The van der Waals surface area contributed by atoms with Crippen molar-refractivity contribution in [1.82, 2.24) is 5.43 Å². The monoisotopic (exact) mass is 314 g/mol. The Bertz CT molecular complexity index is 665. The lowest BCUT2D eigenvalue weighted by atomic mass is 9.87. The van der Waals surface area contributed by atoms with Gasteiger partial charge in [-0.15, -0.1) is 0 Å². The number of carbonyl (C=O) groups is 1. The van der Waals surface area contributed by atoms with Crippen LogP contribution in [0.2, 0.25) is 0 Å². The van der Waals surface area contributed by atoms with E-state index in [1.54, 1.807) is 25.3 Å². The van der Waals surface area contributed by atoms with E-state index < -0.39 is 0 Å². The maximum absolute atomic E-state index is 11.7. The van der Waals surface area contributed by atoms with Gasteiger partial charge < -0.3 is 9.15 Å². The molecule has 0 bridgehead atoms. The average Bonchev–Trinajstić information content (AvgIpc) is 3.04. The fourth-order valence-corrected chi connectivity index (χ4v) is 1.92. The third-order valence-corrected chi connectivity index (χ3v) is 3.32. The summed E-state index contributed by atoms with van der Waals surface area (Å²) in [4.78, 5) is 11.7. The molecule has 0 atom stereocenters. The van der Waals surface area contributed by atoms with Gasteiger partial charge in [-0.2, -0.15) is 5.10 Å². The van der Waals surface area contributed by atoms with E-state index in [2.05, 4.69) is 31.3 Å². The minimum Gasteiger partial charge on any atom is -0.484 e. The standard InChI is InChI=1S/C18H22N2O3/c1-13(16-6-5-11-22-16)19-20-17(21)12-23-15-9-7-14(8-10-15)18(2,3)4/h5-11H,12H2,1-4H3,(H,20,21)/b19-13+. The van der Waals surface area contributed by atoms with E-state index in [1.165, 1.54) is 5.56 Å². The number of hydrogen-bond donors (Lipinski definition) is 1. The predicted octanol–water partition coefficient (Wildman–Crippen LogP) is 3.50. The van der Waals surface area contributed by atoms with Gasteiger partial charge in [0.2, 0.25) is 0 Å². The van der Waals surface area contributed by atoms with Crippen LogP contribution in [0.15, 0.2) is 52.2 Å². The minimum atomic E-state index is -0.323. The number of hydrazone groups is 1. The molecule has 23 heavy (non-hydrogen) atoms. The van der Waals surface area contributed by atoms with Gasteiger partial charge in [-0.05, 0) is 42.2 Å². The molecule has 2 rings (SSSR count). The van der Waals surface area contributed by atoms with Crippen LogP contribution in [0, 0.1) is 0 Å². The maximum atomic E-state index is 11.7. The molecule has 1 heterocycles. The molecule has 0 saturated heterocycles. The summed E-state index contributed by atoms with van der Waals surface area (Å²) in [7, 11) is 0. The highest BCUT2D eigenvalue weighted by Gasteiger charge is 2.13. The van der Waals surface area contributed by atoms with Gasteiger partial charge in [0.1, 0.15) is 17.2 Å². The molecule has 5 nitrogen and oxygen atoms in total. The molecule has 2 aromatic rings. The fourth-order valence-electron chi connectivity index (χ4n) is 1.92. The lowest BCUT2D eigenvalue weighted by Crippen LogP contribution is -2.25. The molecule has 0 radical (unpaired) electrons. The van der Waals surface area contributed by atoms with Gasteiger partial charge in [-0.25, -0.2) is 5.43 Å². The van der Waals surface area contributed by atoms with Crippen molar-refractivity contribution in [2.24, 2.45) is 5.10 Å². The van der Waals surface area contributed by atoms with Gasteiger partial charge in [-0.3, -0.25) is 4.79 Å². The topological polar surface area (TPSA) is 63.8 Å². The number of hydrogen-bond acceptors (Lipinski definition) is 4. The molecule has 0 spiro atoms. The molecule has 0 fully saturated rings. The van der Waals surface area contributed by atoms with Crippen LogP contribution in [0.3, 0.4) is 0 Å². The number of carbonyl (C=O) groups excluding carboxylic acids is 1. The molecule has 0 saturated carbocycles. The van der Waals surface area contributed by atoms with Crippen molar-refractivity contribution >= 4 is 11.6 Å². The molecule has 1 N–H and O–H groups in total. The predicted molar refractivity (Wildman–Crippen MR) is 89.7 cm³/mol. The van der Waals surface area contributed by atoms with E-state index in [1.807, 2.05) is 24.3 Å². The molecule has 5 heteroatoms. The summed E-state index contributed by atoms with van der Waals surface area (Å²) >= 11 is 0. The summed E-state index contributed by atoms with van der Waals surface area (Å²) in [5, 5.41) is 3.97. The third-order valence-electron chi connectivity index (χ3n) is 3.32. The second-order valence-corrected chi connectivity index (χ2v) is 6.27. The van der Waals surface area contributed by atoms with Gasteiger partial charge in [0.05, 0.1) is 6.26 Å². The van der Waals surface area contributed by atoms with Crippen molar-refractivity contribution in [3.63, 3.8) is 0 Å². The Morgan fingerprint density at radius 1 is 1.22 bits per heavy atom. The number of nitrogens with one attached hydrogen (secondary N) is 1. The highest BCUT2D eigenvalue weighted by molar-refractivity contribution is 5.96. The van der Waals surface area contributed by atoms with Crippen LogP contribution in [-0.4, -0.2) is 18.2 Å². The van der Waals surface area contributed by atoms with Crippen LogP contribution in [0.4, 0.5) is 0 Å². The average molecular weight is 314 g/mol. The zero-order valence-corrected chi connectivity index (χ0v) is 13.9. The van der Waals surface area contributed by atoms with Crippen molar-refractivity contribution in [2.75, 3.05) is 6.61 Å². The largest absolute Gasteiger partial charge is 0.484 e. The first-order valence-electron chi connectivity index (χ1n) is 7.46. The SMILES string of the molecule is C/C(=N\NC(=O)COc1ccc(C(C)(C)C)cc1)c1ccco1. The quantitative estimate of drug-likeness (QED) is 0.678. The number of amides is 1. The second-order valence-electron chi connectivity index (χ2n) is 6.27. The van der Waals surface area contributed by atoms with Crippen LogP contribution in [0.25, 0.3) is 0 Å². The fraction of sp³-hybridized carbons (Fsp3) is 0.333. The third kappa shape index (κ3) is 4.98. The number of benzene rings is 1. The van der Waals surface area contributed by atoms with Gasteiger partial charge in [0.25, 0.3) is 5.91 Å². The zero-order valence-electron chi connectivity index (χ0n) is 13.9. The molecule has 0 aliphatic heterocycles. The minimum absolute atomic E-state index is 0.0913. The Kier molecular flexibility index (Phi) is 5.21. The number of furan rings is 1. The van der Waals surface area contributed by atoms with Crippen LogP contribution >= 0.6 is 0 Å². The summed E-state index contributed by atoms with van der Waals surface area (Å²) in [6.45, 7) is 8.11. The molecule has 0 aliphatic rings. The van der Waals surface area contributed by atoms with E-state index in [0.29, 0.717) is 17.2 Å². The number of nitrogens with zero attached hydrogens (tertiary/aromatic N) is 1. The van der Waals surface area contributed by atoms with Crippen molar-refractivity contribution < 1.29 is 13.9 Å². The Morgan fingerprint density at radius 2 is 1.91 bits per heavy atom. The highest BCUT2D eigenvalue weighted by Crippen LogP contribution is 2.24. The Morgan fingerprint density at radius 3 is 2.48 bits per heavy atom. The molecule has 1 amide bonds. The summed E-state index contributed by atoms with van der Waals surface area (Å²) in [5.41, 5.74) is 4.34. The van der Waals surface area contributed by atoms with Gasteiger partial charge in [-0.1, -0.05) is 32.9 Å². The first-order valence-corrected chi connectivity index (χ1v) is 7.46. The summed E-state index contributed by atoms with van der Waals surface area (Å²) < 4.78 is 10.6. The number of ether oxygens (including phenoxy) is 1. The Balaban J connectivity index is 1.84. The van der Waals surface area contributed by atoms with Crippen LogP contribution in [0.1, 0.15) is 39.0 Å². The van der Waals surface area contributed by atoms with Crippen molar-refractivity contribution in [3.05, 3.63) is 54.0 Å². The van der Waals surface area contributed by atoms with Crippen molar-refractivity contribution in [2.45, 2.75) is 33.1 Å². The summed E-state index contributed by atoms with van der Waals surface area (Å²) in [6.07, 6.45) is 1.56. The number of rotatable bonds is 5. The lowest BCUT2D eigenvalue weighted by molar-refractivity contribution is -0.123. The first-order chi connectivity index (χ1) is 10.9. The highest BCUT2D eigenvalue weighted by atomic mass is 16.5. The molecule has 1 aromatic heterocycles. The Labute approximate surface area is 136 Å². The van der Waals surface area contributed by atoms with Crippen LogP contribution in [-0.2, 0) is 10.2 Å². The van der Waals surface area contributed by atoms with Gasteiger partial charge in [0, 0.05) is 0 Å². The van der Waals surface area contributed by atoms with E-state index in [4.69, 9.17) is 9.15 Å². The van der Waals surface area contributed by atoms with Crippen molar-refractivity contribution in [1.29, 1.82) is 0 Å². The Hall–Kier alpha value is -2.56. The van der Waals surface area contributed by atoms with Crippen LogP contribution < -0.4 is 10.2 Å². The van der Waals surface area contributed by atoms with E-state index in [-0.39, 0.29) is 17.9 Å². The second kappa shape index (κ2) is 7.13. The summed E-state index contributed by atoms with van der Waals surface area (Å²) in [6, 6.07) is 11.3. The van der Waals surface area contributed by atoms with Crippen molar-refractivity contribution in [3.8, 4) is 5.75 Å². The van der Waals surface area contributed by atoms with Crippen LogP contribution in [0.5, 0.6) is 5.75 Å². The maximum Gasteiger partial charge on any atom is 0.277 e. The van der Waals surface area contributed by atoms with E-state index in [0.717, 1.165) is 0 Å². The lowest BCUT2D eigenvalue weighted by Gasteiger charge is -2.19. The smallest absolute Gasteiger partial charge is 0.277 e. The molecule has 122 valence electrons. The molecule has 0 unspecified atom stereocenters. The molecule has 1 aromatic carbocycles. The van der Waals surface area contributed by atoms with Gasteiger partial charge >= 0.3 is 0 Å². The van der Waals surface area contributed by atoms with Gasteiger partial charge in [0.15, 0.2) is 6.61 Å².